The lowest BCUT2D eigenvalue weighted by molar-refractivity contribution is 0.149. The Morgan fingerprint density at radius 2 is 1.94 bits per heavy atom. The highest BCUT2D eigenvalue weighted by molar-refractivity contribution is 6.10. The predicted octanol–water partition coefficient (Wildman–Crippen LogP) is 4.27. The number of aromatic nitrogens is 2. The summed E-state index contributed by atoms with van der Waals surface area (Å²) in [4.78, 5) is 20.8. The maximum Gasteiger partial charge on any atom is 0.213 e. The number of hydrogen-bond acceptors (Lipinski definition) is 7. The van der Waals surface area contributed by atoms with Crippen LogP contribution in [0, 0.1) is 23.6 Å². The van der Waals surface area contributed by atoms with Crippen LogP contribution in [0.2, 0.25) is 0 Å². The van der Waals surface area contributed by atoms with Crippen molar-refractivity contribution >= 4 is 17.4 Å². The molecule has 7 nitrogen and oxygen atoms in total. The molecule has 3 unspecified atom stereocenters. The van der Waals surface area contributed by atoms with Crippen LogP contribution in [0.15, 0.2) is 46.6 Å². The lowest BCUT2D eigenvalue weighted by atomic mass is 9.86. The third kappa shape index (κ3) is 5.55. The molecule has 0 amide bonds. The Morgan fingerprint density at radius 3 is 2.67 bits per heavy atom. The van der Waals surface area contributed by atoms with E-state index in [0.29, 0.717) is 28.9 Å². The lowest BCUT2D eigenvalue weighted by Crippen LogP contribution is -2.43. The van der Waals surface area contributed by atoms with Gasteiger partial charge in [0.15, 0.2) is 11.7 Å². The van der Waals surface area contributed by atoms with Gasteiger partial charge in [0.2, 0.25) is 5.88 Å². The summed E-state index contributed by atoms with van der Waals surface area (Å²) in [7, 11) is 1.59. The number of piperidine rings is 1. The molecule has 33 heavy (non-hydrogen) atoms. The fourth-order valence-electron chi connectivity index (χ4n) is 4.54. The number of nitrogens with one attached hydrogen (secondary N) is 1. The minimum Gasteiger partial charge on any atom is -0.481 e. The Labute approximate surface area is 195 Å². The van der Waals surface area contributed by atoms with Gasteiger partial charge < -0.3 is 15.0 Å². The molecule has 2 aliphatic heterocycles. The summed E-state index contributed by atoms with van der Waals surface area (Å²) in [5.41, 5.74) is 0.990. The molecule has 0 aliphatic carbocycles. The number of hydrogen-bond donors (Lipinski definition) is 1. The average Bonchev–Trinajstić information content (AvgIpc) is 2.94. The number of halogens is 1. The van der Waals surface area contributed by atoms with Crippen molar-refractivity contribution in [2.45, 2.75) is 39.7 Å². The van der Waals surface area contributed by atoms with Crippen LogP contribution >= 0.6 is 0 Å². The third-order valence-electron chi connectivity index (χ3n) is 6.79. The number of ether oxygens (including phenoxy) is 1. The number of amidine groups is 2. The molecule has 0 bridgehead atoms. The molecular formula is C25H33FN6O. The molecule has 2 aromatic heterocycles. The first kappa shape index (κ1) is 23.3. The molecule has 0 spiro atoms. The molecule has 3 atom stereocenters. The monoisotopic (exact) mass is 452 g/mol. The van der Waals surface area contributed by atoms with E-state index in [2.05, 4.69) is 41.0 Å². The van der Waals surface area contributed by atoms with Crippen LogP contribution in [0.4, 0.5) is 10.1 Å². The summed E-state index contributed by atoms with van der Waals surface area (Å²) in [6.45, 7) is 9.74. The number of nitrogens with zero attached hydrogens (tertiary/aromatic N) is 5. The number of aliphatic imine (C=N–C) groups is 2. The predicted molar refractivity (Wildman–Crippen MR) is 130 cm³/mol. The summed E-state index contributed by atoms with van der Waals surface area (Å²) in [6.07, 6.45) is 5.22. The summed E-state index contributed by atoms with van der Waals surface area (Å²) >= 11 is 0. The normalized spacial score (nSPS) is 24.6. The first-order valence-corrected chi connectivity index (χ1v) is 11.7. The van der Waals surface area contributed by atoms with Crippen LogP contribution in [0.25, 0.3) is 0 Å². The summed E-state index contributed by atoms with van der Waals surface area (Å²) in [5.74, 6) is 2.34. The van der Waals surface area contributed by atoms with Gasteiger partial charge in [-0.1, -0.05) is 19.9 Å². The van der Waals surface area contributed by atoms with E-state index in [1.807, 2.05) is 12.1 Å². The molecule has 4 rings (SSSR count). The second-order valence-electron chi connectivity index (χ2n) is 9.17. The topological polar surface area (TPSA) is 75.0 Å². The van der Waals surface area contributed by atoms with Gasteiger partial charge in [0.25, 0.3) is 0 Å². The number of pyridine rings is 2. The van der Waals surface area contributed by atoms with Crippen LogP contribution in [0.3, 0.4) is 0 Å². The molecule has 1 saturated heterocycles. The second kappa shape index (κ2) is 10.4. The fraction of sp³-hybridized carbons (Fsp3) is 0.520. The van der Waals surface area contributed by atoms with E-state index in [0.717, 1.165) is 25.6 Å². The van der Waals surface area contributed by atoms with E-state index in [1.165, 1.54) is 19.0 Å². The van der Waals surface area contributed by atoms with Gasteiger partial charge in [0.1, 0.15) is 11.5 Å². The zero-order valence-corrected chi connectivity index (χ0v) is 19.8. The standard InChI is InChI=1S/C25H33FN6O/c1-16-9-12-32(13-10-16)15-19-17(2)24(30-21-8-11-27-14-20(21)26)31-25(28-18(19)3)22-6-5-7-23(29-22)33-4/h5-8,11,14,16-19H,9-10,12-13,15H2,1-4H3,(H,27,28,30,31). The van der Waals surface area contributed by atoms with Gasteiger partial charge in [-0.25, -0.2) is 14.4 Å². The van der Waals surface area contributed by atoms with Crippen LogP contribution in [0.1, 0.15) is 39.3 Å². The first-order valence-electron chi connectivity index (χ1n) is 11.7. The Kier molecular flexibility index (Phi) is 7.33. The summed E-state index contributed by atoms with van der Waals surface area (Å²) in [5, 5.41) is 3.24. The Bertz CT molecular complexity index is 1020. The molecular weight excluding hydrogens is 419 g/mol. The number of rotatable bonds is 5. The Balaban J connectivity index is 1.68. The highest BCUT2D eigenvalue weighted by Crippen LogP contribution is 2.28. The third-order valence-corrected chi connectivity index (χ3v) is 6.79. The summed E-state index contributed by atoms with van der Waals surface area (Å²) < 4.78 is 19.7. The van der Waals surface area contributed by atoms with Crippen molar-refractivity contribution in [3.05, 3.63) is 48.2 Å². The number of methoxy groups -OCH3 is 1. The van der Waals surface area contributed by atoms with Gasteiger partial charge in [-0.15, -0.1) is 0 Å². The maximum atomic E-state index is 14.4. The van der Waals surface area contributed by atoms with Gasteiger partial charge in [-0.2, -0.15) is 0 Å². The van der Waals surface area contributed by atoms with Crippen molar-refractivity contribution in [2.75, 3.05) is 32.1 Å². The minimum absolute atomic E-state index is 0.0210. The van der Waals surface area contributed by atoms with Gasteiger partial charge in [-0.05, 0) is 50.9 Å². The van der Waals surface area contributed by atoms with Crippen molar-refractivity contribution in [1.29, 1.82) is 0 Å². The quantitative estimate of drug-likeness (QED) is 0.733. The van der Waals surface area contributed by atoms with Gasteiger partial charge >= 0.3 is 0 Å². The van der Waals surface area contributed by atoms with Crippen molar-refractivity contribution in [2.24, 2.45) is 27.7 Å². The summed E-state index contributed by atoms with van der Waals surface area (Å²) in [6, 6.07) is 7.19. The molecule has 8 heteroatoms. The van der Waals surface area contributed by atoms with E-state index < -0.39 is 5.82 Å². The van der Waals surface area contributed by atoms with Crippen molar-refractivity contribution in [1.82, 2.24) is 14.9 Å². The minimum atomic E-state index is -0.413. The van der Waals surface area contributed by atoms with E-state index in [-0.39, 0.29) is 17.9 Å². The molecule has 2 aromatic rings. The molecule has 0 aromatic carbocycles. The SMILES string of the molecule is COc1cccc(C2=NC(C)C(CN3CCC(C)CC3)C(C)C(Nc3ccncc3F)=N2)n1. The van der Waals surface area contributed by atoms with E-state index in [1.54, 1.807) is 25.4 Å². The van der Waals surface area contributed by atoms with E-state index >= 15 is 0 Å². The lowest BCUT2D eigenvalue weighted by Gasteiger charge is -2.36. The molecule has 176 valence electrons. The van der Waals surface area contributed by atoms with Gasteiger partial charge in [0.05, 0.1) is 25.0 Å². The number of anilines is 1. The van der Waals surface area contributed by atoms with E-state index in [4.69, 9.17) is 14.7 Å². The zero-order chi connectivity index (χ0) is 23.4. The van der Waals surface area contributed by atoms with E-state index in [9.17, 15) is 4.39 Å². The van der Waals surface area contributed by atoms with Crippen molar-refractivity contribution in [3.8, 4) is 5.88 Å². The Morgan fingerprint density at radius 1 is 1.15 bits per heavy atom. The van der Waals surface area contributed by atoms with Crippen LogP contribution in [-0.4, -0.2) is 59.3 Å². The largest absolute Gasteiger partial charge is 0.481 e. The highest BCUT2D eigenvalue weighted by Gasteiger charge is 2.33. The van der Waals surface area contributed by atoms with Crippen LogP contribution < -0.4 is 10.1 Å². The van der Waals surface area contributed by atoms with Crippen molar-refractivity contribution in [3.63, 3.8) is 0 Å². The average molecular weight is 453 g/mol. The number of likely N-dealkylation sites (tertiary alicyclic amines) is 1. The van der Waals surface area contributed by atoms with Crippen LogP contribution in [-0.2, 0) is 0 Å². The first-order chi connectivity index (χ1) is 15.9. The molecule has 4 heterocycles. The molecule has 0 radical (unpaired) electrons. The van der Waals surface area contributed by atoms with Gasteiger partial charge in [0, 0.05) is 30.6 Å². The Hall–Kier alpha value is -2.87. The van der Waals surface area contributed by atoms with Gasteiger partial charge in [-0.3, -0.25) is 9.98 Å². The highest BCUT2D eigenvalue weighted by atomic mass is 19.1. The smallest absolute Gasteiger partial charge is 0.213 e. The second-order valence-corrected chi connectivity index (χ2v) is 9.17. The molecule has 1 N–H and O–H groups in total. The molecule has 1 fully saturated rings. The zero-order valence-electron chi connectivity index (χ0n) is 19.8. The maximum absolute atomic E-state index is 14.4. The van der Waals surface area contributed by atoms with Crippen molar-refractivity contribution < 1.29 is 9.13 Å². The van der Waals surface area contributed by atoms with Crippen LogP contribution in [0.5, 0.6) is 5.88 Å². The molecule has 2 aliphatic rings. The fourth-order valence-corrected chi connectivity index (χ4v) is 4.54. The molecule has 0 saturated carbocycles.